The Labute approximate surface area is 290 Å². The Morgan fingerprint density at radius 2 is 0.804 bits per heavy atom. The van der Waals surface area contributed by atoms with Crippen molar-refractivity contribution in [1.29, 1.82) is 0 Å². The third-order valence-corrected chi connectivity index (χ3v) is 9.02. The number of hydrogen-bond donors (Lipinski definition) is 0. The van der Waals surface area contributed by atoms with E-state index in [1.54, 1.807) is 24.3 Å². The zero-order chi connectivity index (χ0) is 45.6. The van der Waals surface area contributed by atoms with E-state index in [0.717, 1.165) is 5.39 Å². The molecule has 0 aliphatic heterocycles. The lowest BCUT2D eigenvalue weighted by Gasteiger charge is -2.19. The van der Waals surface area contributed by atoms with Gasteiger partial charge in [-0.2, -0.15) is 0 Å². The molecule has 0 N–H and O–H groups in total. The van der Waals surface area contributed by atoms with Crippen molar-refractivity contribution in [3.8, 4) is 22.3 Å². The topological polar surface area (TPSA) is 0 Å². The van der Waals surface area contributed by atoms with Crippen LogP contribution in [0.3, 0.4) is 0 Å². The molecule has 0 unspecified atom stereocenters. The van der Waals surface area contributed by atoms with Crippen LogP contribution in [0.4, 0.5) is 0 Å². The minimum Gasteiger partial charge on any atom is -0.0616 e. The van der Waals surface area contributed by atoms with E-state index in [0.29, 0.717) is 16.2 Å². The van der Waals surface area contributed by atoms with Crippen LogP contribution in [0.15, 0.2) is 157 Å². The first-order valence-corrected chi connectivity index (χ1v) is 14.6. The fraction of sp³-hybridized carbons (Fsp3) is 0. The molecule has 0 nitrogen and oxygen atoms in total. The Bertz CT molecular complexity index is 3990. The van der Waals surface area contributed by atoms with Crippen molar-refractivity contribution in [3.63, 3.8) is 0 Å². The maximum Gasteiger partial charge on any atom is 0.0630 e. The van der Waals surface area contributed by atoms with Crippen molar-refractivity contribution in [2.45, 2.75) is 0 Å². The highest BCUT2D eigenvalue weighted by molar-refractivity contribution is 6.29. The number of rotatable bonds is 2. The predicted octanol–water partition coefficient (Wildman–Crippen LogP) is 13.1. The Kier molecular flexibility index (Phi) is 2.52. The van der Waals surface area contributed by atoms with Gasteiger partial charge in [-0.3, -0.25) is 0 Å². The average molecular weight is 597 g/mol. The molecule has 46 heavy (non-hydrogen) atoms. The third kappa shape index (κ3) is 3.18. The quantitative estimate of drug-likeness (QED) is 0.174. The molecule has 0 heteroatoms. The molecule has 0 aromatic heterocycles. The number of hydrogen-bond acceptors (Lipinski definition) is 0. The van der Waals surface area contributed by atoms with Crippen molar-refractivity contribution >= 4 is 86.2 Å². The molecule has 210 valence electrons. The van der Waals surface area contributed by atoms with Crippen molar-refractivity contribution < 1.29 is 24.7 Å². The minimum absolute atomic E-state index is 0.00450. The molecule has 0 atom stereocenters. The molecule has 0 saturated heterocycles. The lowest BCUT2D eigenvalue weighted by Crippen LogP contribution is -1.91. The summed E-state index contributed by atoms with van der Waals surface area (Å²) in [6.45, 7) is 0. The largest absolute Gasteiger partial charge is 0.0630 e. The van der Waals surface area contributed by atoms with Crippen molar-refractivity contribution in [3.05, 3.63) is 157 Å². The van der Waals surface area contributed by atoms with Gasteiger partial charge < -0.3 is 0 Å². The second kappa shape index (κ2) is 8.81. The Morgan fingerprint density at radius 1 is 0.304 bits per heavy atom. The highest BCUT2D eigenvalue weighted by atomic mass is 14.2. The van der Waals surface area contributed by atoms with Crippen molar-refractivity contribution in [1.82, 2.24) is 0 Å². The van der Waals surface area contributed by atoms with Gasteiger partial charge in [0.05, 0.1) is 24.7 Å². The highest BCUT2D eigenvalue weighted by Gasteiger charge is 2.18. The molecule has 0 spiro atoms. The first-order valence-electron chi connectivity index (χ1n) is 23.6. The molecule has 0 heterocycles. The van der Waals surface area contributed by atoms with Gasteiger partial charge in [-0.25, -0.2) is 0 Å². The SMILES string of the molecule is [2H]c1c([2H])c2c([2H])c([2H])c3c([2H])c([2H])c(-c4cc(-c5c([2H])c([2H])c6c([2H])c([2H])c7c([2H])c([2H])c([2H])c8c([2H])c([2H])c5c6c78)c5c(ccc6ccccc65)c4)c4c([2H])c([2H])c(c1[2H])c2c34. The summed E-state index contributed by atoms with van der Waals surface area (Å²) in [5, 5.41) is 0.885. The molecular weight excluding hydrogens is 553 g/mol. The van der Waals surface area contributed by atoms with Crippen LogP contribution in [0.2, 0.25) is 0 Å². The van der Waals surface area contributed by atoms with Crippen LogP contribution in [-0.2, 0) is 0 Å². The second-order valence-electron chi connectivity index (χ2n) is 11.4. The van der Waals surface area contributed by atoms with E-state index in [4.69, 9.17) is 13.7 Å². The van der Waals surface area contributed by atoms with Crippen LogP contribution in [0.25, 0.3) is 108 Å². The van der Waals surface area contributed by atoms with Gasteiger partial charge in [0.1, 0.15) is 0 Å². The van der Waals surface area contributed by atoms with E-state index in [1.807, 2.05) is 24.3 Å². The summed E-state index contributed by atoms with van der Waals surface area (Å²) in [5.41, 5.74) is 0.205. The lowest BCUT2D eigenvalue weighted by atomic mass is 9.84. The van der Waals surface area contributed by atoms with E-state index in [9.17, 15) is 11.0 Å². The molecular formula is C46H26. The maximum absolute atomic E-state index is 9.69. The lowest BCUT2D eigenvalue weighted by molar-refractivity contribution is 1.68. The summed E-state index contributed by atoms with van der Waals surface area (Å²) in [5.74, 6) is 0. The summed E-state index contributed by atoms with van der Waals surface area (Å²) in [7, 11) is 0. The third-order valence-electron chi connectivity index (χ3n) is 9.02. The van der Waals surface area contributed by atoms with Gasteiger partial charge in [-0.15, -0.1) is 0 Å². The maximum atomic E-state index is 9.69. The van der Waals surface area contributed by atoms with E-state index >= 15 is 0 Å². The number of fused-ring (bicyclic) bond motifs is 3. The normalized spacial score (nSPS) is 17.8. The van der Waals surface area contributed by atoms with Gasteiger partial charge in [0, 0.05) is 0 Å². The van der Waals surface area contributed by atoms with Crippen molar-refractivity contribution in [2.75, 3.05) is 0 Å². The Hall–Kier alpha value is -5.98. The molecule has 0 aliphatic rings. The van der Waals surface area contributed by atoms with Gasteiger partial charge in [0.25, 0.3) is 0 Å². The van der Waals surface area contributed by atoms with Crippen molar-refractivity contribution in [2.24, 2.45) is 0 Å². The first-order chi connectivity index (χ1) is 30.3. The molecule has 0 amide bonds. The van der Waals surface area contributed by atoms with Crippen LogP contribution in [-0.4, -0.2) is 0 Å². The summed E-state index contributed by atoms with van der Waals surface area (Å²) >= 11 is 0. The van der Waals surface area contributed by atoms with E-state index in [-0.39, 0.29) is 86.9 Å². The molecule has 0 bridgehead atoms. The Balaban J connectivity index is 1.41. The van der Waals surface area contributed by atoms with Gasteiger partial charge in [-0.05, 0) is 121 Å². The number of benzene rings is 11. The van der Waals surface area contributed by atoms with Gasteiger partial charge >= 0.3 is 0 Å². The standard InChI is InChI=1S/C46H26/c1-2-10-37-27(5-1)11-16-34-25-35(36-21-17-32-14-12-28-6-3-8-30-19-23-39(36)45(32)42(28)30)26-41(44(34)37)38-22-18-33-15-13-29-7-4-9-31-20-24-40(38)46(33)43(29)31/h1-26H/i3D,4D,6D,7D,8D,9D,12D,13D,14D,15D,17D,18D,19D,20D,21D,22D,23D,24D. The molecule has 0 aliphatic carbocycles. The van der Waals surface area contributed by atoms with Gasteiger partial charge in [-0.1, -0.05) is 145 Å². The van der Waals surface area contributed by atoms with Crippen LogP contribution < -0.4 is 0 Å². The minimum atomic E-state index is -0.600. The average Bonchev–Trinajstić information content (AvgIpc) is 3.27. The summed E-state index contributed by atoms with van der Waals surface area (Å²) in [6, 6.07) is 4.61. The van der Waals surface area contributed by atoms with Crippen LogP contribution in [0.5, 0.6) is 0 Å². The van der Waals surface area contributed by atoms with Gasteiger partial charge in [0.15, 0.2) is 0 Å². The molecule has 11 aromatic carbocycles. The smallest absolute Gasteiger partial charge is 0.0616 e. The molecule has 0 fully saturated rings. The fourth-order valence-electron chi connectivity index (χ4n) is 7.03. The second-order valence-corrected chi connectivity index (χ2v) is 11.4. The molecule has 0 radical (unpaired) electrons. The zero-order valence-corrected chi connectivity index (χ0v) is 23.6. The zero-order valence-electron chi connectivity index (χ0n) is 41.6. The predicted molar refractivity (Wildman–Crippen MR) is 200 cm³/mol. The van der Waals surface area contributed by atoms with Gasteiger partial charge in [0.2, 0.25) is 0 Å². The highest BCUT2D eigenvalue weighted by Crippen LogP contribution is 2.46. The monoisotopic (exact) mass is 596 g/mol. The van der Waals surface area contributed by atoms with E-state index in [1.165, 1.54) is 0 Å². The van der Waals surface area contributed by atoms with E-state index < -0.39 is 109 Å². The summed E-state index contributed by atoms with van der Waals surface area (Å²) < 4.78 is 164. The molecule has 0 saturated carbocycles. The first kappa shape index (κ1) is 13.2. The fourth-order valence-corrected chi connectivity index (χ4v) is 7.03. The van der Waals surface area contributed by atoms with Crippen LogP contribution >= 0.6 is 0 Å². The summed E-state index contributed by atoms with van der Waals surface area (Å²) in [6.07, 6.45) is 0. The van der Waals surface area contributed by atoms with Crippen LogP contribution in [0.1, 0.15) is 24.7 Å². The molecule has 11 aromatic rings. The molecule has 11 rings (SSSR count). The van der Waals surface area contributed by atoms with Crippen LogP contribution in [0, 0.1) is 0 Å². The Morgan fingerprint density at radius 3 is 1.46 bits per heavy atom. The summed E-state index contributed by atoms with van der Waals surface area (Å²) in [4.78, 5) is 0. The van der Waals surface area contributed by atoms with E-state index in [2.05, 4.69) is 0 Å².